The SMILES string of the molecule is CN(CC1CCCCN1)c1cc(F)c(Br)cc1[N+](=O)[O-]. The van der Waals surface area contributed by atoms with Gasteiger partial charge >= 0.3 is 0 Å². The number of nitrogens with one attached hydrogen (secondary N) is 1. The van der Waals surface area contributed by atoms with Crippen LogP contribution in [0, 0.1) is 15.9 Å². The molecule has 5 nitrogen and oxygen atoms in total. The highest BCUT2D eigenvalue weighted by molar-refractivity contribution is 9.10. The molecule has 1 aliphatic rings. The number of rotatable bonds is 4. The summed E-state index contributed by atoms with van der Waals surface area (Å²) in [4.78, 5) is 12.4. The molecule has 0 aliphatic carbocycles. The Hall–Kier alpha value is -1.21. The second-order valence-electron chi connectivity index (χ2n) is 5.04. The Kier molecular flexibility index (Phi) is 4.93. The van der Waals surface area contributed by atoms with E-state index in [4.69, 9.17) is 0 Å². The highest BCUT2D eigenvalue weighted by Gasteiger charge is 2.23. The smallest absolute Gasteiger partial charge is 0.293 e. The quantitative estimate of drug-likeness (QED) is 0.672. The van der Waals surface area contributed by atoms with E-state index in [2.05, 4.69) is 21.2 Å². The molecule has 0 spiro atoms. The van der Waals surface area contributed by atoms with Crippen molar-refractivity contribution in [3.63, 3.8) is 0 Å². The summed E-state index contributed by atoms with van der Waals surface area (Å²) >= 11 is 2.99. The van der Waals surface area contributed by atoms with Crippen molar-refractivity contribution in [1.29, 1.82) is 0 Å². The minimum absolute atomic E-state index is 0.0865. The van der Waals surface area contributed by atoms with Crippen molar-refractivity contribution < 1.29 is 9.31 Å². The van der Waals surface area contributed by atoms with Gasteiger partial charge in [-0.3, -0.25) is 10.1 Å². The lowest BCUT2D eigenvalue weighted by molar-refractivity contribution is -0.384. The van der Waals surface area contributed by atoms with E-state index in [9.17, 15) is 14.5 Å². The predicted octanol–water partition coefficient (Wildman–Crippen LogP) is 3.07. The number of hydrogen-bond donors (Lipinski definition) is 1. The van der Waals surface area contributed by atoms with Crippen LogP contribution in [0.2, 0.25) is 0 Å². The lowest BCUT2D eigenvalue weighted by Crippen LogP contribution is -2.42. The molecule has 1 saturated heterocycles. The number of piperidine rings is 1. The zero-order chi connectivity index (χ0) is 14.7. The summed E-state index contributed by atoms with van der Waals surface area (Å²) < 4.78 is 13.8. The van der Waals surface area contributed by atoms with Crippen molar-refractivity contribution >= 4 is 27.3 Å². The van der Waals surface area contributed by atoms with Gasteiger partial charge in [-0.25, -0.2) is 4.39 Å². The van der Waals surface area contributed by atoms with Gasteiger partial charge in [-0.05, 0) is 35.3 Å². The largest absolute Gasteiger partial charge is 0.367 e. The van der Waals surface area contributed by atoms with Crippen molar-refractivity contribution in [2.45, 2.75) is 25.3 Å². The third-order valence-electron chi connectivity index (χ3n) is 3.53. The number of hydrogen-bond acceptors (Lipinski definition) is 4. The van der Waals surface area contributed by atoms with E-state index in [1.807, 2.05) is 0 Å². The topological polar surface area (TPSA) is 58.4 Å². The predicted molar refractivity (Wildman–Crippen MR) is 79.7 cm³/mol. The Labute approximate surface area is 125 Å². The first-order valence-electron chi connectivity index (χ1n) is 6.57. The summed E-state index contributed by atoms with van der Waals surface area (Å²) in [5.74, 6) is -0.492. The molecule has 1 N–H and O–H groups in total. The zero-order valence-electron chi connectivity index (χ0n) is 11.2. The molecule has 1 heterocycles. The minimum Gasteiger partial charge on any atom is -0.367 e. The van der Waals surface area contributed by atoms with E-state index in [-0.39, 0.29) is 10.2 Å². The maximum atomic E-state index is 13.6. The van der Waals surface area contributed by atoms with E-state index in [0.29, 0.717) is 18.3 Å². The van der Waals surface area contributed by atoms with Crippen LogP contribution in [0.25, 0.3) is 0 Å². The molecule has 110 valence electrons. The molecule has 1 aromatic carbocycles. The first kappa shape index (κ1) is 15.2. The number of nitro benzene ring substituents is 1. The maximum absolute atomic E-state index is 13.6. The number of likely N-dealkylation sites (N-methyl/N-ethyl adjacent to an activating group) is 1. The molecule has 1 fully saturated rings. The number of halogens is 2. The number of nitrogens with zero attached hydrogens (tertiary/aromatic N) is 2. The average Bonchev–Trinajstić information content (AvgIpc) is 2.42. The summed E-state index contributed by atoms with van der Waals surface area (Å²) in [5, 5.41) is 14.5. The van der Waals surface area contributed by atoms with Gasteiger partial charge in [0.25, 0.3) is 5.69 Å². The summed E-state index contributed by atoms with van der Waals surface area (Å²) in [7, 11) is 1.76. The molecular formula is C13H17BrFN3O2. The van der Waals surface area contributed by atoms with Gasteiger partial charge in [0, 0.05) is 31.8 Å². The van der Waals surface area contributed by atoms with Crippen LogP contribution in [0.4, 0.5) is 15.8 Å². The lowest BCUT2D eigenvalue weighted by Gasteiger charge is -2.29. The van der Waals surface area contributed by atoms with Gasteiger partial charge in [-0.15, -0.1) is 0 Å². The molecule has 20 heavy (non-hydrogen) atoms. The second kappa shape index (κ2) is 6.49. The van der Waals surface area contributed by atoms with Gasteiger partial charge in [0.1, 0.15) is 11.5 Å². The Balaban J connectivity index is 2.21. The summed E-state index contributed by atoms with van der Waals surface area (Å²) in [6.45, 7) is 1.59. The van der Waals surface area contributed by atoms with Gasteiger partial charge in [0.15, 0.2) is 0 Å². The van der Waals surface area contributed by atoms with Crippen molar-refractivity contribution in [1.82, 2.24) is 5.32 Å². The van der Waals surface area contributed by atoms with Crippen LogP contribution < -0.4 is 10.2 Å². The highest BCUT2D eigenvalue weighted by Crippen LogP contribution is 2.33. The molecular weight excluding hydrogens is 329 g/mol. The van der Waals surface area contributed by atoms with Crippen LogP contribution in [0.3, 0.4) is 0 Å². The fourth-order valence-corrected chi connectivity index (χ4v) is 2.82. The number of nitro groups is 1. The van der Waals surface area contributed by atoms with Crippen LogP contribution in [0.15, 0.2) is 16.6 Å². The van der Waals surface area contributed by atoms with Crippen molar-refractivity contribution in [3.8, 4) is 0 Å². The fourth-order valence-electron chi connectivity index (χ4n) is 2.49. The number of benzene rings is 1. The highest BCUT2D eigenvalue weighted by atomic mass is 79.9. The maximum Gasteiger partial charge on any atom is 0.293 e. The monoisotopic (exact) mass is 345 g/mol. The van der Waals surface area contributed by atoms with Crippen LogP contribution in [-0.4, -0.2) is 31.1 Å². The second-order valence-corrected chi connectivity index (χ2v) is 5.89. The summed E-state index contributed by atoms with van der Waals surface area (Å²) in [5.41, 5.74) is 0.222. The standard InChI is InChI=1S/C13H17BrFN3O2/c1-17(8-9-4-2-3-5-16-9)12-7-11(15)10(14)6-13(12)18(19)20/h6-7,9,16H,2-5,8H2,1H3. The molecule has 1 atom stereocenters. The van der Waals surface area contributed by atoms with E-state index < -0.39 is 10.7 Å². The third-order valence-corrected chi connectivity index (χ3v) is 4.14. The van der Waals surface area contributed by atoms with Gasteiger partial charge in [0.05, 0.1) is 9.40 Å². The molecule has 1 unspecified atom stereocenters. The summed E-state index contributed by atoms with van der Waals surface area (Å²) in [6, 6.07) is 2.72. The van der Waals surface area contributed by atoms with E-state index in [1.54, 1.807) is 11.9 Å². The fraction of sp³-hybridized carbons (Fsp3) is 0.538. The van der Waals surface area contributed by atoms with Gasteiger partial charge < -0.3 is 10.2 Å². The van der Waals surface area contributed by atoms with E-state index in [1.165, 1.54) is 12.1 Å². The molecule has 0 saturated carbocycles. The molecule has 7 heteroatoms. The lowest BCUT2D eigenvalue weighted by atomic mass is 10.0. The first-order chi connectivity index (χ1) is 9.49. The minimum atomic E-state index is -0.492. The van der Waals surface area contributed by atoms with Crippen LogP contribution in [0.5, 0.6) is 0 Å². The third kappa shape index (κ3) is 3.46. The molecule has 1 aromatic rings. The molecule has 0 amide bonds. The van der Waals surface area contributed by atoms with E-state index >= 15 is 0 Å². The van der Waals surface area contributed by atoms with Gasteiger partial charge in [-0.1, -0.05) is 6.42 Å². The number of anilines is 1. The molecule has 0 aromatic heterocycles. The summed E-state index contributed by atoms with van der Waals surface area (Å²) in [6.07, 6.45) is 3.35. The molecule has 0 radical (unpaired) electrons. The normalized spacial score (nSPS) is 18.9. The van der Waals surface area contributed by atoms with Crippen molar-refractivity contribution in [2.24, 2.45) is 0 Å². The Bertz CT molecular complexity index is 507. The Morgan fingerprint density at radius 1 is 1.55 bits per heavy atom. The van der Waals surface area contributed by atoms with Crippen LogP contribution >= 0.6 is 15.9 Å². The molecule has 2 rings (SSSR count). The van der Waals surface area contributed by atoms with Gasteiger partial charge in [-0.2, -0.15) is 0 Å². The van der Waals surface area contributed by atoms with Crippen LogP contribution in [0.1, 0.15) is 19.3 Å². The average molecular weight is 346 g/mol. The Morgan fingerprint density at radius 3 is 2.90 bits per heavy atom. The molecule has 1 aliphatic heterocycles. The van der Waals surface area contributed by atoms with Crippen LogP contribution in [-0.2, 0) is 0 Å². The van der Waals surface area contributed by atoms with Gasteiger partial charge in [0.2, 0.25) is 0 Å². The van der Waals surface area contributed by atoms with Crippen molar-refractivity contribution in [2.75, 3.05) is 25.0 Å². The zero-order valence-corrected chi connectivity index (χ0v) is 12.8. The Morgan fingerprint density at radius 2 is 2.30 bits per heavy atom. The van der Waals surface area contributed by atoms with Crippen molar-refractivity contribution in [3.05, 3.63) is 32.5 Å². The molecule has 0 bridgehead atoms. The first-order valence-corrected chi connectivity index (χ1v) is 7.36. The van der Waals surface area contributed by atoms with E-state index in [0.717, 1.165) is 25.8 Å².